The minimum Gasteiger partial charge on any atom is -0.308 e. The molecule has 0 bridgehead atoms. The number of halogens is 4. The largest absolute Gasteiger partial charge is 0.416 e. The summed E-state index contributed by atoms with van der Waals surface area (Å²) < 4.78 is 40.6. The number of nitrogens with two attached hydrogens (primary N) is 1. The Hall–Kier alpha value is -1.61. The van der Waals surface area contributed by atoms with Gasteiger partial charge in [-0.2, -0.15) is 18.3 Å². The predicted octanol–water partition coefficient (Wildman–Crippen LogP) is 2.95. The molecule has 0 atom stereocenters. The molecule has 0 fully saturated rings. The standard InChI is InChI=1S/C11H11BrF3N5/c1-5-10(12)6(2)20(19-5)9-4-7(11(13,14)15)3-8(17-9)18-16/h3-4H,16H2,1-2H3,(H,17,18). The van der Waals surface area contributed by atoms with Crippen molar-refractivity contribution in [3.63, 3.8) is 0 Å². The summed E-state index contributed by atoms with van der Waals surface area (Å²) in [5.74, 6) is 5.12. The molecule has 0 saturated carbocycles. The molecular formula is C11H11BrF3N5. The fourth-order valence-corrected chi connectivity index (χ4v) is 1.96. The summed E-state index contributed by atoms with van der Waals surface area (Å²) in [6.45, 7) is 3.46. The highest BCUT2D eigenvalue weighted by Crippen LogP contribution is 2.32. The van der Waals surface area contributed by atoms with Crippen LogP contribution in [0.25, 0.3) is 5.82 Å². The zero-order valence-corrected chi connectivity index (χ0v) is 12.2. The molecule has 5 nitrogen and oxygen atoms in total. The number of alkyl halides is 3. The first kappa shape index (κ1) is 14.8. The summed E-state index contributed by atoms with van der Waals surface area (Å²) in [4.78, 5) is 3.99. The first-order chi connectivity index (χ1) is 9.24. The van der Waals surface area contributed by atoms with Crippen molar-refractivity contribution in [2.75, 3.05) is 5.43 Å². The van der Waals surface area contributed by atoms with Gasteiger partial charge in [-0.25, -0.2) is 15.5 Å². The van der Waals surface area contributed by atoms with Crippen molar-refractivity contribution in [2.24, 2.45) is 5.84 Å². The van der Waals surface area contributed by atoms with E-state index in [4.69, 9.17) is 5.84 Å². The maximum atomic E-state index is 12.8. The minimum absolute atomic E-state index is 0.0408. The zero-order chi connectivity index (χ0) is 15.1. The lowest BCUT2D eigenvalue weighted by Crippen LogP contribution is -2.14. The van der Waals surface area contributed by atoms with Crippen LogP contribution in [-0.2, 0) is 6.18 Å². The number of hydrogen-bond donors (Lipinski definition) is 2. The fourth-order valence-electron chi connectivity index (χ4n) is 1.71. The quantitative estimate of drug-likeness (QED) is 0.646. The number of nitrogens with zero attached hydrogens (tertiary/aromatic N) is 3. The van der Waals surface area contributed by atoms with E-state index < -0.39 is 11.7 Å². The van der Waals surface area contributed by atoms with Gasteiger partial charge in [0.25, 0.3) is 0 Å². The van der Waals surface area contributed by atoms with Crippen LogP contribution in [0.4, 0.5) is 19.0 Å². The van der Waals surface area contributed by atoms with Crippen molar-refractivity contribution in [3.05, 3.63) is 33.6 Å². The normalized spacial score (nSPS) is 11.8. The molecule has 9 heteroatoms. The van der Waals surface area contributed by atoms with Crippen LogP contribution in [0.3, 0.4) is 0 Å². The van der Waals surface area contributed by atoms with E-state index in [1.54, 1.807) is 13.8 Å². The van der Waals surface area contributed by atoms with E-state index in [9.17, 15) is 13.2 Å². The van der Waals surface area contributed by atoms with Gasteiger partial charge in [0.1, 0.15) is 5.82 Å². The number of aromatic nitrogens is 3. The van der Waals surface area contributed by atoms with E-state index in [2.05, 4.69) is 31.4 Å². The Kier molecular flexibility index (Phi) is 3.74. The molecule has 0 spiro atoms. The van der Waals surface area contributed by atoms with Crippen molar-refractivity contribution in [1.82, 2.24) is 14.8 Å². The number of hydrazine groups is 1. The average Bonchev–Trinajstić information content (AvgIpc) is 2.65. The van der Waals surface area contributed by atoms with E-state index in [0.29, 0.717) is 11.4 Å². The Morgan fingerprint density at radius 3 is 2.40 bits per heavy atom. The number of anilines is 1. The highest BCUT2D eigenvalue weighted by molar-refractivity contribution is 9.10. The number of aryl methyl sites for hydroxylation is 1. The summed E-state index contributed by atoms with van der Waals surface area (Å²) in [7, 11) is 0. The Morgan fingerprint density at radius 1 is 1.30 bits per heavy atom. The molecule has 0 aliphatic rings. The van der Waals surface area contributed by atoms with Crippen LogP contribution in [0.15, 0.2) is 16.6 Å². The minimum atomic E-state index is -4.49. The molecule has 2 aromatic heterocycles. The summed E-state index contributed by atoms with van der Waals surface area (Å²) in [5.41, 5.74) is 2.59. The van der Waals surface area contributed by atoms with Gasteiger partial charge in [0, 0.05) is 0 Å². The van der Waals surface area contributed by atoms with Gasteiger partial charge < -0.3 is 5.43 Å². The van der Waals surface area contributed by atoms with Gasteiger partial charge in [-0.3, -0.25) is 0 Å². The van der Waals surface area contributed by atoms with Crippen LogP contribution in [-0.4, -0.2) is 14.8 Å². The van der Waals surface area contributed by atoms with Gasteiger partial charge in [-0.1, -0.05) is 0 Å². The van der Waals surface area contributed by atoms with Gasteiger partial charge >= 0.3 is 6.18 Å². The molecule has 2 heterocycles. The van der Waals surface area contributed by atoms with E-state index in [1.165, 1.54) is 4.68 Å². The predicted molar refractivity (Wildman–Crippen MR) is 71.3 cm³/mol. The van der Waals surface area contributed by atoms with Crippen LogP contribution in [0.2, 0.25) is 0 Å². The topological polar surface area (TPSA) is 68.8 Å². The van der Waals surface area contributed by atoms with Crippen molar-refractivity contribution in [1.29, 1.82) is 0 Å². The number of nitrogens with one attached hydrogen (secondary N) is 1. The molecule has 2 aromatic rings. The van der Waals surface area contributed by atoms with Crippen LogP contribution < -0.4 is 11.3 Å². The molecule has 0 amide bonds. The third-order valence-corrected chi connectivity index (χ3v) is 3.85. The lowest BCUT2D eigenvalue weighted by atomic mass is 10.2. The second-order valence-electron chi connectivity index (χ2n) is 4.14. The van der Waals surface area contributed by atoms with Crippen LogP contribution in [0, 0.1) is 13.8 Å². The molecule has 20 heavy (non-hydrogen) atoms. The lowest BCUT2D eigenvalue weighted by molar-refractivity contribution is -0.137. The maximum Gasteiger partial charge on any atom is 0.416 e. The van der Waals surface area contributed by atoms with E-state index >= 15 is 0 Å². The molecule has 0 aliphatic heterocycles. The van der Waals surface area contributed by atoms with Crippen molar-refractivity contribution >= 4 is 21.7 Å². The number of rotatable bonds is 2. The molecule has 3 N–H and O–H groups in total. The highest BCUT2D eigenvalue weighted by Gasteiger charge is 2.32. The van der Waals surface area contributed by atoms with Crippen LogP contribution >= 0.6 is 15.9 Å². The number of pyridine rings is 1. The van der Waals surface area contributed by atoms with Gasteiger partial charge in [0.2, 0.25) is 0 Å². The summed E-state index contributed by atoms with van der Waals surface area (Å²) in [5, 5.41) is 4.15. The highest BCUT2D eigenvalue weighted by atomic mass is 79.9. The molecular weight excluding hydrogens is 339 g/mol. The van der Waals surface area contributed by atoms with E-state index in [-0.39, 0.29) is 11.6 Å². The third kappa shape index (κ3) is 2.63. The average molecular weight is 350 g/mol. The Bertz CT molecular complexity index is 650. The van der Waals surface area contributed by atoms with E-state index in [1.807, 2.05) is 0 Å². The monoisotopic (exact) mass is 349 g/mol. The second-order valence-corrected chi connectivity index (χ2v) is 4.93. The molecule has 0 radical (unpaired) electrons. The number of nitrogen functional groups attached to an aromatic ring is 1. The Morgan fingerprint density at radius 2 is 1.95 bits per heavy atom. The fraction of sp³-hybridized carbons (Fsp3) is 0.273. The van der Waals surface area contributed by atoms with Gasteiger partial charge in [0.15, 0.2) is 5.82 Å². The Labute approximate surface area is 121 Å². The summed E-state index contributed by atoms with van der Waals surface area (Å²) in [6.07, 6.45) is -4.49. The van der Waals surface area contributed by atoms with Gasteiger partial charge in [-0.05, 0) is 41.9 Å². The molecule has 0 aromatic carbocycles. The van der Waals surface area contributed by atoms with Crippen molar-refractivity contribution in [2.45, 2.75) is 20.0 Å². The van der Waals surface area contributed by atoms with E-state index in [0.717, 1.165) is 16.6 Å². The summed E-state index contributed by atoms with van der Waals surface area (Å²) in [6, 6.07) is 1.76. The smallest absolute Gasteiger partial charge is 0.308 e. The number of hydrogen-bond acceptors (Lipinski definition) is 4. The first-order valence-corrected chi connectivity index (χ1v) is 6.31. The third-order valence-electron chi connectivity index (χ3n) is 2.71. The van der Waals surface area contributed by atoms with Crippen LogP contribution in [0.1, 0.15) is 17.0 Å². The molecule has 0 unspecified atom stereocenters. The summed E-state index contributed by atoms with van der Waals surface area (Å²) >= 11 is 3.32. The molecule has 0 saturated heterocycles. The van der Waals surface area contributed by atoms with Crippen molar-refractivity contribution < 1.29 is 13.2 Å². The molecule has 2 rings (SSSR count). The lowest BCUT2D eigenvalue weighted by Gasteiger charge is -2.12. The Balaban J connectivity index is 2.64. The second kappa shape index (κ2) is 5.06. The SMILES string of the molecule is Cc1nn(-c2cc(C(F)(F)F)cc(NN)n2)c(C)c1Br. The zero-order valence-electron chi connectivity index (χ0n) is 10.6. The van der Waals surface area contributed by atoms with Gasteiger partial charge in [0.05, 0.1) is 21.4 Å². The van der Waals surface area contributed by atoms with Crippen molar-refractivity contribution in [3.8, 4) is 5.82 Å². The first-order valence-electron chi connectivity index (χ1n) is 5.52. The maximum absolute atomic E-state index is 12.8. The van der Waals surface area contributed by atoms with Gasteiger partial charge in [-0.15, -0.1) is 0 Å². The van der Waals surface area contributed by atoms with Crippen LogP contribution in [0.5, 0.6) is 0 Å². The molecule has 108 valence electrons. The molecule has 0 aliphatic carbocycles.